The van der Waals surface area contributed by atoms with E-state index >= 15 is 0 Å². The van der Waals surface area contributed by atoms with Crippen LogP contribution < -0.4 is 0 Å². The Labute approximate surface area is 123 Å². The standard InChI is InChI=1S/C14H20ClN3S/c1-4-10-7-12(5-2)18(17-10)13(6-3)14-16-11(8-15)9-19-14/h7,9,13H,4-6,8H2,1-3H3. The quantitative estimate of drug-likeness (QED) is 0.748. The van der Waals surface area contributed by atoms with Gasteiger partial charge in [0.2, 0.25) is 0 Å². The highest BCUT2D eigenvalue weighted by molar-refractivity contribution is 7.09. The molecule has 1 unspecified atom stereocenters. The van der Waals surface area contributed by atoms with E-state index < -0.39 is 0 Å². The molecule has 2 aromatic rings. The number of aryl methyl sites for hydroxylation is 2. The molecule has 104 valence electrons. The summed E-state index contributed by atoms with van der Waals surface area (Å²) in [7, 11) is 0. The summed E-state index contributed by atoms with van der Waals surface area (Å²) in [5, 5.41) is 7.88. The molecule has 19 heavy (non-hydrogen) atoms. The fraction of sp³-hybridized carbons (Fsp3) is 0.571. The van der Waals surface area contributed by atoms with Crippen molar-refractivity contribution in [3.8, 4) is 0 Å². The van der Waals surface area contributed by atoms with Gasteiger partial charge in [0.05, 0.1) is 17.3 Å². The van der Waals surface area contributed by atoms with Gasteiger partial charge in [0, 0.05) is 11.1 Å². The van der Waals surface area contributed by atoms with E-state index in [4.69, 9.17) is 16.7 Å². The third-order valence-electron chi connectivity index (χ3n) is 3.26. The summed E-state index contributed by atoms with van der Waals surface area (Å²) in [5.74, 6) is 0.479. The second-order valence-electron chi connectivity index (χ2n) is 4.51. The van der Waals surface area contributed by atoms with Gasteiger partial charge in [0.25, 0.3) is 0 Å². The lowest BCUT2D eigenvalue weighted by molar-refractivity contribution is 0.485. The summed E-state index contributed by atoms with van der Waals surface area (Å²) in [5.41, 5.74) is 3.40. The van der Waals surface area contributed by atoms with Crippen molar-refractivity contribution in [1.29, 1.82) is 0 Å². The fourth-order valence-corrected chi connectivity index (χ4v) is 3.40. The van der Waals surface area contributed by atoms with E-state index in [-0.39, 0.29) is 6.04 Å². The van der Waals surface area contributed by atoms with Crippen LogP contribution in [0, 0.1) is 0 Å². The van der Waals surface area contributed by atoms with Gasteiger partial charge in [-0.1, -0.05) is 20.8 Å². The molecule has 3 nitrogen and oxygen atoms in total. The second kappa shape index (κ2) is 6.53. The average Bonchev–Trinajstić information content (AvgIpc) is 3.06. The monoisotopic (exact) mass is 297 g/mol. The topological polar surface area (TPSA) is 30.7 Å². The zero-order valence-electron chi connectivity index (χ0n) is 11.7. The largest absolute Gasteiger partial charge is 0.259 e. The molecule has 0 saturated heterocycles. The maximum atomic E-state index is 5.84. The predicted octanol–water partition coefficient (Wildman–Crippen LogP) is 4.20. The minimum Gasteiger partial charge on any atom is -0.259 e. The first-order valence-corrected chi connectivity index (χ1v) is 8.22. The van der Waals surface area contributed by atoms with Crippen LogP contribution in [-0.4, -0.2) is 14.8 Å². The molecular weight excluding hydrogens is 278 g/mol. The molecule has 1 atom stereocenters. The van der Waals surface area contributed by atoms with E-state index in [1.807, 2.05) is 5.38 Å². The van der Waals surface area contributed by atoms with Gasteiger partial charge in [-0.25, -0.2) is 4.98 Å². The van der Waals surface area contributed by atoms with Crippen molar-refractivity contribution >= 4 is 22.9 Å². The number of hydrogen-bond acceptors (Lipinski definition) is 3. The number of alkyl halides is 1. The lowest BCUT2D eigenvalue weighted by atomic mass is 10.2. The van der Waals surface area contributed by atoms with Crippen molar-refractivity contribution in [2.75, 3.05) is 0 Å². The van der Waals surface area contributed by atoms with Crippen molar-refractivity contribution in [2.24, 2.45) is 0 Å². The van der Waals surface area contributed by atoms with Gasteiger partial charge < -0.3 is 0 Å². The molecule has 0 radical (unpaired) electrons. The van der Waals surface area contributed by atoms with E-state index in [0.717, 1.165) is 35.7 Å². The predicted molar refractivity (Wildman–Crippen MR) is 81.1 cm³/mol. The molecule has 0 saturated carbocycles. The Balaban J connectivity index is 2.38. The van der Waals surface area contributed by atoms with Crippen LogP contribution in [0.5, 0.6) is 0 Å². The number of halogens is 1. The number of thiazole rings is 1. The van der Waals surface area contributed by atoms with Crippen LogP contribution in [0.15, 0.2) is 11.4 Å². The van der Waals surface area contributed by atoms with Crippen molar-refractivity contribution in [1.82, 2.24) is 14.8 Å². The Kier molecular flexibility index (Phi) is 4.99. The van der Waals surface area contributed by atoms with Gasteiger partial charge in [-0.05, 0) is 25.3 Å². The smallest absolute Gasteiger partial charge is 0.118 e. The molecule has 0 amide bonds. The zero-order valence-corrected chi connectivity index (χ0v) is 13.3. The molecule has 5 heteroatoms. The van der Waals surface area contributed by atoms with E-state index in [1.165, 1.54) is 5.69 Å². The Morgan fingerprint density at radius 1 is 1.26 bits per heavy atom. The van der Waals surface area contributed by atoms with E-state index in [9.17, 15) is 0 Å². The third-order valence-corrected chi connectivity index (χ3v) is 4.53. The Morgan fingerprint density at radius 3 is 2.58 bits per heavy atom. The van der Waals surface area contributed by atoms with Crippen LogP contribution in [0.3, 0.4) is 0 Å². The summed E-state index contributed by atoms with van der Waals surface area (Å²) in [6, 6.07) is 2.44. The van der Waals surface area contributed by atoms with Gasteiger partial charge in [0.1, 0.15) is 11.0 Å². The summed E-state index contributed by atoms with van der Waals surface area (Å²) in [6.45, 7) is 6.49. The molecule has 0 fully saturated rings. The van der Waals surface area contributed by atoms with Crippen molar-refractivity contribution < 1.29 is 0 Å². The van der Waals surface area contributed by atoms with Crippen LogP contribution in [0.1, 0.15) is 55.3 Å². The van der Waals surface area contributed by atoms with E-state index in [0.29, 0.717) is 5.88 Å². The Hall–Kier alpha value is -0.870. The number of rotatable bonds is 6. The average molecular weight is 298 g/mol. The number of aromatic nitrogens is 3. The van der Waals surface area contributed by atoms with Crippen molar-refractivity contribution in [3.63, 3.8) is 0 Å². The van der Waals surface area contributed by atoms with Crippen LogP contribution >= 0.6 is 22.9 Å². The van der Waals surface area contributed by atoms with E-state index in [1.54, 1.807) is 11.3 Å². The Morgan fingerprint density at radius 2 is 2.05 bits per heavy atom. The van der Waals surface area contributed by atoms with Crippen LogP contribution in [-0.2, 0) is 18.7 Å². The lowest BCUT2D eigenvalue weighted by Crippen LogP contribution is -2.14. The van der Waals surface area contributed by atoms with E-state index in [2.05, 4.69) is 36.5 Å². The van der Waals surface area contributed by atoms with Gasteiger partial charge in [-0.2, -0.15) is 5.10 Å². The van der Waals surface area contributed by atoms with Crippen molar-refractivity contribution in [3.05, 3.63) is 33.5 Å². The van der Waals surface area contributed by atoms with Gasteiger partial charge in [-0.15, -0.1) is 22.9 Å². The molecule has 0 spiro atoms. The molecule has 2 heterocycles. The first-order valence-electron chi connectivity index (χ1n) is 6.80. The fourth-order valence-electron chi connectivity index (χ4n) is 2.19. The molecular formula is C14H20ClN3S. The maximum Gasteiger partial charge on any atom is 0.118 e. The number of nitrogens with zero attached hydrogens (tertiary/aromatic N) is 3. The maximum absolute atomic E-state index is 5.84. The first-order chi connectivity index (χ1) is 9.23. The summed E-state index contributed by atoms with van der Waals surface area (Å²) >= 11 is 7.52. The van der Waals surface area contributed by atoms with Gasteiger partial charge in [0.15, 0.2) is 0 Å². The number of hydrogen-bond donors (Lipinski definition) is 0. The highest BCUT2D eigenvalue weighted by Crippen LogP contribution is 2.27. The minimum atomic E-state index is 0.234. The normalized spacial score (nSPS) is 12.8. The molecule has 2 rings (SSSR count). The highest BCUT2D eigenvalue weighted by atomic mass is 35.5. The summed E-state index contributed by atoms with van der Waals surface area (Å²) < 4.78 is 2.15. The third kappa shape index (κ3) is 3.00. The molecule has 0 aliphatic rings. The Bertz CT molecular complexity index is 533. The van der Waals surface area contributed by atoms with Crippen LogP contribution in [0.25, 0.3) is 0 Å². The highest BCUT2D eigenvalue weighted by Gasteiger charge is 2.19. The molecule has 0 aromatic carbocycles. The summed E-state index contributed by atoms with van der Waals surface area (Å²) in [6.07, 6.45) is 2.96. The molecule has 0 aliphatic heterocycles. The SMILES string of the molecule is CCc1cc(CC)n(C(CC)c2nc(CCl)cs2)n1. The zero-order chi connectivity index (χ0) is 13.8. The van der Waals surface area contributed by atoms with Gasteiger partial charge >= 0.3 is 0 Å². The molecule has 0 aliphatic carbocycles. The molecule has 0 N–H and O–H groups in total. The van der Waals surface area contributed by atoms with Crippen LogP contribution in [0.4, 0.5) is 0 Å². The van der Waals surface area contributed by atoms with Crippen LogP contribution in [0.2, 0.25) is 0 Å². The summed E-state index contributed by atoms with van der Waals surface area (Å²) in [4.78, 5) is 4.61. The van der Waals surface area contributed by atoms with Crippen molar-refractivity contribution in [2.45, 2.75) is 52.0 Å². The molecule has 0 bridgehead atoms. The first kappa shape index (κ1) is 14.5. The lowest BCUT2D eigenvalue weighted by Gasteiger charge is -2.15. The second-order valence-corrected chi connectivity index (χ2v) is 5.67. The van der Waals surface area contributed by atoms with Gasteiger partial charge in [-0.3, -0.25) is 4.68 Å². The minimum absolute atomic E-state index is 0.234. The molecule has 2 aromatic heterocycles.